The van der Waals surface area contributed by atoms with Gasteiger partial charge in [0, 0.05) is 24.6 Å². The average molecular weight is 415 g/mol. The lowest BCUT2D eigenvalue weighted by molar-refractivity contribution is 0.443. The molecular weight excluding hydrogens is 402 g/mol. The summed E-state index contributed by atoms with van der Waals surface area (Å²) >= 11 is 6.53. The number of piperidine rings is 1. The molecule has 3 aliphatic rings. The number of phenols is 2. The van der Waals surface area contributed by atoms with Crippen LogP contribution in [0.5, 0.6) is 11.5 Å². The second-order valence-corrected chi connectivity index (χ2v) is 7.16. The summed E-state index contributed by atoms with van der Waals surface area (Å²) in [5.41, 5.74) is 3.62. The maximum Gasteiger partial charge on any atom is 0.147 e. The van der Waals surface area contributed by atoms with Gasteiger partial charge < -0.3 is 15.1 Å². The van der Waals surface area contributed by atoms with Crippen molar-refractivity contribution in [1.82, 2.24) is 10.2 Å². The van der Waals surface area contributed by atoms with Gasteiger partial charge in [-0.1, -0.05) is 0 Å². The predicted octanol–water partition coefficient (Wildman–Crippen LogP) is 3.71. The molecule has 0 spiro atoms. The highest BCUT2D eigenvalue weighted by molar-refractivity contribution is 9.11. The summed E-state index contributed by atoms with van der Waals surface area (Å²) < 4.78 is 0.800. The number of aromatic amines is 1. The Morgan fingerprint density at radius 2 is 1.90 bits per heavy atom. The number of nitrogens with zero attached hydrogens (tertiary/aromatic N) is 2. The minimum Gasteiger partial charge on any atom is -0.506 e. The first-order chi connectivity index (χ1) is 10.1. The van der Waals surface area contributed by atoms with Crippen LogP contribution in [-0.2, 0) is 0 Å². The molecule has 5 rings (SSSR count). The molecule has 110 valence electrons. The first-order valence-electron chi connectivity index (χ1n) is 6.81. The SMILES string of the molecule is Oc1c(Br)cc(-c2n[nH]c3c2N2CCC3CC2)c(O)c1Br. The van der Waals surface area contributed by atoms with Crippen molar-refractivity contribution in [3.63, 3.8) is 0 Å². The van der Waals surface area contributed by atoms with E-state index in [1.807, 2.05) is 0 Å². The Balaban J connectivity index is 1.94. The second-order valence-electron chi connectivity index (χ2n) is 5.51. The van der Waals surface area contributed by atoms with Crippen molar-refractivity contribution in [1.29, 1.82) is 0 Å². The zero-order valence-electron chi connectivity index (χ0n) is 11.0. The smallest absolute Gasteiger partial charge is 0.147 e. The molecule has 2 aromatic rings. The Morgan fingerprint density at radius 3 is 2.62 bits per heavy atom. The molecule has 1 saturated heterocycles. The fourth-order valence-electron chi connectivity index (χ4n) is 3.31. The van der Waals surface area contributed by atoms with E-state index < -0.39 is 0 Å². The number of aromatic nitrogens is 2. The van der Waals surface area contributed by atoms with Gasteiger partial charge in [0.2, 0.25) is 0 Å². The molecular formula is C14H13Br2N3O2. The van der Waals surface area contributed by atoms with Gasteiger partial charge in [-0.15, -0.1) is 0 Å². The molecule has 2 bridgehead atoms. The molecule has 3 aliphatic heterocycles. The molecule has 1 aromatic heterocycles. The van der Waals surface area contributed by atoms with Crippen molar-refractivity contribution < 1.29 is 10.2 Å². The lowest BCUT2D eigenvalue weighted by atomic mass is 9.86. The number of hydrogen-bond donors (Lipinski definition) is 3. The number of fused-ring (bicyclic) bond motifs is 2. The fourth-order valence-corrected chi connectivity index (χ4v) is 4.43. The van der Waals surface area contributed by atoms with Crippen molar-refractivity contribution >= 4 is 37.5 Å². The van der Waals surface area contributed by atoms with Gasteiger partial charge >= 0.3 is 0 Å². The van der Waals surface area contributed by atoms with E-state index in [4.69, 9.17) is 0 Å². The Hall–Kier alpha value is -1.21. The summed E-state index contributed by atoms with van der Waals surface area (Å²) in [6.45, 7) is 2.07. The molecule has 21 heavy (non-hydrogen) atoms. The molecule has 1 fully saturated rings. The number of halogens is 2. The minimum atomic E-state index is -0.0116. The summed E-state index contributed by atoms with van der Waals surface area (Å²) in [7, 11) is 0. The van der Waals surface area contributed by atoms with Crippen LogP contribution in [0.1, 0.15) is 24.5 Å². The van der Waals surface area contributed by atoms with E-state index in [0.717, 1.165) is 37.3 Å². The van der Waals surface area contributed by atoms with Crippen LogP contribution < -0.4 is 4.90 Å². The molecule has 4 heterocycles. The van der Waals surface area contributed by atoms with Gasteiger partial charge in [0.25, 0.3) is 0 Å². The quantitative estimate of drug-likeness (QED) is 0.665. The third-order valence-corrected chi connectivity index (χ3v) is 5.77. The maximum absolute atomic E-state index is 10.3. The molecule has 0 saturated carbocycles. The molecule has 0 radical (unpaired) electrons. The number of aromatic hydroxyl groups is 2. The van der Waals surface area contributed by atoms with E-state index in [0.29, 0.717) is 16.0 Å². The first-order valence-corrected chi connectivity index (χ1v) is 8.40. The third kappa shape index (κ3) is 1.83. The van der Waals surface area contributed by atoms with Gasteiger partial charge in [-0.2, -0.15) is 5.10 Å². The summed E-state index contributed by atoms with van der Waals surface area (Å²) in [6, 6.07) is 1.70. The van der Waals surface area contributed by atoms with Crippen LogP contribution in [0.4, 0.5) is 5.69 Å². The highest BCUT2D eigenvalue weighted by Crippen LogP contribution is 2.50. The summed E-state index contributed by atoms with van der Waals surface area (Å²) in [4.78, 5) is 2.32. The van der Waals surface area contributed by atoms with Crippen LogP contribution in [0, 0.1) is 0 Å². The Labute approximate surface area is 138 Å². The van der Waals surface area contributed by atoms with Gasteiger partial charge in [-0.05, 0) is 50.8 Å². The standard InChI is InChI=1S/C14H13Br2N3O2/c15-8-5-7(13(20)9(16)14(8)21)11-12-10(17-18-11)6-1-3-19(12)4-2-6/h5-6,20-21H,1-4H2,(H,17,18). The van der Waals surface area contributed by atoms with E-state index in [-0.39, 0.29) is 16.0 Å². The van der Waals surface area contributed by atoms with Crippen molar-refractivity contribution in [2.45, 2.75) is 18.8 Å². The number of benzene rings is 1. The van der Waals surface area contributed by atoms with Gasteiger partial charge in [0.15, 0.2) is 0 Å². The summed E-state index contributed by atoms with van der Waals surface area (Å²) in [5, 5.41) is 27.8. The van der Waals surface area contributed by atoms with Crippen LogP contribution in [0.15, 0.2) is 15.0 Å². The number of rotatable bonds is 1. The van der Waals surface area contributed by atoms with Gasteiger partial charge in [-0.3, -0.25) is 5.10 Å². The van der Waals surface area contributed by atoms with Crippen LogP contribution in [0.2, 0.25) is 0 Å². The monoisotopic (exact) mass is 413 g/mol. The molecule has 7 heteroatoms. The van der Waals surface area contributed by atoms with Gasteiger partial charge in [-0.25, -0.2) is 0 Å². The molecule has 0 aliphatic carbocycles. The summed E-state index contributed by atoms with van der Waals surface area (Å²) in [5.74, 6) is 0.535. The van der Waals surface area contributed by atoms with Crippen LogP contribution in [-0.4, -0.2) is 33.5 Å². The molecule has 1 aromatic carbocycles. The summed E-state index contributed by atoms with van der Waals surface area (Å²) in [6.07, 6.45) is 2.31. The van der Waals surface area contributed by atoms with E-state index in [9.17, 15) is 10.2 Å². The van der Waals surface area contributed by atoms with Crippen LogP contribution in [0.25, 0.3) is 11.3 Å². The van der Waals surface area contributed by atoms with Crippen LogP contribution >= 0.6 is 31.9 Å². The highest BCUT2D eigenvalue weighted by Gasteiger charge is 2.36. The highest BCUT2D eigenvalue weighted by atomic mass is 79.9. The number of H-pyrrole nitrogens is 1. The molecule has 0 atom stereocenters. The van der Waals surface area contributed by atoms with Gasteiger partial charge in [0.1, 0.15) is 21.7 Å². The molecule has 5 nitrogen and oxygen atoms in total. The van der Waals surface area contributed by atoms with Crippen molar-refractivity contribution in [2.24, 2.45) is 0 Å². The van der Waals surface area contributed by atoms with Crippen molar-refractivity contribution in [3.05, 3.63) is 20.7 Å². The molecule has 3 N–H and O–H groups in total. The molecule has 0 amide bonds. The Morgan fingerprint density at radius 1 is 1.19 bits per heavy atom. The topological polar surface area (TPSA) is 72.4 Å². The number of anilines is 1. The number of nitrogens with one attached hydrogen (secondary N) is 1. The van der Waals surface area contributed by atoms with Crippen LogP contribution in [0.3, 0.4) is 0 Å². The number of hydrogen-bond acceptors (Lipinski definition) is 4. The second kappa shape index (κ2) is 4.64. The Bertz CT molecular complexity index is 736. The van der Waals surface area contributed by atoms with Crippen molar-refractivity contribution in [2.75, 3.05) is 18.0 Å². The third-order valence-electron chi connectivity index (χ3n) is 4.41. The lowest BCUT2D eigenvalue weighted by Crippen LogP contribution is -2.38. The normalized spacial score (nSPS) is 17.3. The van der Waals surface area contributed by atoms with Crippen molar-refractivity contribution in [3.8, 4) is 22.8 Å². The van der Waals surface area contributed by atoms with E-state index >= 15 is 0 Å². The lowest BCUT2D eigenvalue weighted by Gasteiger charge is -2.40. The zero-order chi connectivity index (χ0) is 14.7. The first kappa shape index (κ1) is 13.5. The Kier molecular flexibility index (Phi) is 2.97. The van der Waals surface area contributed by atoms with E-state index in [1.54, 1.807) is 6.07 Å². The van der Waals surface area contributed by atoms with E-state index in [1.165, 1.54) is 5.69 Å². The average Bonchev–Trinajstić information content (AvgIpc) is 2.97. The maximum atomic E-state index is 10.3. The number of phenolic OH excluding ortho intramolecular Hbond substituents is 2. The minimum absolute atomic E-state index is 0.00708. The largest absolute Gasteiger partial charge is 0.506 e. The van der Waals surface area contributed by atoms with E-state index in [2.05, 4.69) is 47.0 Å². The van der Waals surface area contributed by atoms with Gasteiger partial charge in [0.05, 0.1) is 15.9 Å². The fraction of sp³-hybridized carbons (Fsp3) is 0.357. The predicted molar refractivity (Wildman–Crippen MR) is 86.9 cm³/mol. The zero-order valence-corrected chi connectivity index (χ0v) is 14.2. The molecule has 0 unspecified atom stereocenters.